The molecule has 0 amide bonds. The van der Waals surface area contributed by atoms with Crippen LogP contribution in [0, 0.1) is 6.92 Å². The average Bonchev–Trinajstić information content (AvgIpc) is 2.79. The maximum Gasteiger partial charge on any atom is 0.181 e. The Morgan fingerprint density at radius 2 is 1.23 bits per heavy atom. The van der Waals surface area contributed by atoms with Gasteiger partial charge in [-0.05, 0) is 30.4 Å². The first-order valence-electron chi connectivity index (χ1n) is 13.2. The topological polar surface area (TPSA) is 3.88 Å². The molecule has 0 fully saturated rings. The molecule has 1 nitrogen and oxygen atoms in total. The number of unbranched alkanes of at least 4 members (excludes halogenated alkanes) is 12. The summed E-state index contributed by atoms with van der Waals surface area (Å²) >= 11 is 0. The number of aryl methyl sites for hydroxylation is 1. The number of benzene rings is 1. The third-order valence-electron chi connectivity index (χ3n) is 6.95. The summed E-state index contributed by atoms with van der Waals surface area (Å²) in [5.41, 5.74) is 4.42. The summed E-state index contributed by atoms with van der Waals surface area (Å²) < 4.78 is 2.27. The Hall–Kier alpha value is -1.63. The van der Waals surface area contributed by atoms with Crippen LogP contribution in [0.25, 0.3) is 0 Å². The second-order valence-corrected chi connectivity index (χ2v) is 9.58. The van der Waals surface area contributed by atoms with Crippen molar-refractivity contribution in [1.29, 1.82) is 0 Å². The van der Waals surface area contributed by atoms with E-state index >= 15 is 0 Å². The molecule has 1 heteroatoms. The van der Waals surface area contributed by atoms with Crippen LogP contribution in [0.4, 0.5) is 0 Å². The van der Waals surface area contributed by atoms with Crippen molar-refractivity contribution in [3.63, 3.8) is 0 Å². The average molecular weight is 423 g/mol. The second-order valence-electron chi connectivity index (χ2n) is 9.58. The van der Waals surface area contributed by atoms with Crippen LogP contribution < -0.4 is 4.57 Å². The second kappa shape index (κ2) is 16.1. The summed E-state index contributed by atoms with van der Waals surface area (Å²) in [7, 11) is 2.17. The molecule has 0 bridgehead atoms. The van der Waals surface area contributed by atoms with Crippen LogP contribution in [-0.4, -0.2) is 0 Å². The normalized spacial score (nSPS) is 12.2. The number of pyridine rings is 1. The molecule has 0 aliphatic rings. The Morgan fingerprint density at radius 1 is 0.677 bits per heavy atom. The molecular formula is C30H48N+. The Kier molecular flexibility index (Phi) is 13.3. The Morgan fingerprint density at radius 3 is 1.81 bits per heavy atom. The fraction of sp³-hybridized carbons (Fsp3) is 0.633. The summed E-state index contributed by atoms with van der Waals surface area (Å²) in [4.78, 5) is 0. The quantitative estimate of drug-likeness (QED) is 0.177. The molecule has 1 aromatic carbocycles. The van der Waals surface area contributed by atoms with Gasteiger partial charge in [0, 0.05) is 18.6 Å². The van der Waals surface area contributed by atoms with Crippen LogP contribution in [0.15, 0.2) is 48.7 Å². The van der Waals surface area contributed by atoms with Crippen molar-refractivity contribution >= 4 is 0 Å². The van der Waals surface area contributed by atoms with Crippen LogP contribution in [0.5, 0.6) is 0 Å². The van der Waals surface area contributed by atoms with E-state index in [4.69, 9.17) is 0 Å². The Labute approximate surface area is 193 Å². The summed E-state index contributed by atoms with van der Waals surface area (Å²) in [6.07, 6.45) is 23.2. The minimum Gasteiger partial charge on any atom is -0.205 e. The van der Waals surface area contributed by atoms with Crippen LogP contribution >= 0.6 is 0 Å². The number of rotatable bonds is 17. The van der Waals surface area contributed by atoms with E-state index in [2.05, 4.69) is 74.1 Å². The number of aromatic nitrogens is 1. The van der Waals surface area contributed by atoms with Crippen molar-refractivity contribution in [2.24, 2.45) is 7.05 Å². The van der Waals surface area contributed by atoms with Gasteiger partial charge in [0.05, 0.1) is 0 Å². The van der Waals surface area contributed by atoms with Crippen molar-refractivity contribution in [1.82, 2.24) is 0 Å². The van der Waals surface area contributed by atoms with E-state index in [-0.39, 0.29) is 0 Å². The molecule has 1 aromatic heterocycles. The number of hydrogen-bond donors (Lipinski definition) is 0. The SMILES string of the molecule is CCCCCCCCCCCCCCCC(Cc1ccccc1)c1ccc[n+](C)c1C. The maximum absolute atomic E-state index is 2.35. The third kappa shape index (κ3) is 10.5. The van der Waals surface area contributed by atoms with Crippen LogP contribution in [0.3, 0.4) is 0 Å². The first kappa shape index (κ1) is 25.6. The van der Waals surface area contributed by atoms with Crippen LogP contribution in [0.1, 0.15) is 120 Å². The van der Waals surface area contributed by atoms with E-state index < -0.39 is 0 Å². The van der Waals surface area contributed by atoms with Gasteiger partial charge in [0.1, 0.15) is 7.05 Å². The largest absolute Gasteiger partial charge is 0.205 e. The first-order chi connectivity index (χ1) is 15.2. The molecule has 1 unspecified atom stereocenters. The van der Waals surface area contributed by atoms with Crippen LogP contribution in [-0.2, 0) is 13.5 Å². The molecule has 31 heavy (non-hydrogen) atoms. The molecule has 0 saturated carbocycles. The molecule has 0 spiro atoms. The summed E-state index contributed by atoms with van der Waals surface area (Å²) in [6.45, 7) is 4.57. The molecular weight excluding hydrogens is 374 g/mol. The molecule has 0 saturated heterocycles. The van der Waals surface area contributed by atoms with E-state index in [0.29, 0.717) is 5.92 Å². The van der Waals surface area contributed by atoms with Crippen molar-refractivity contribution in [3.8, 4) is 0 Å². The van der Waals surface area contributed by atoms with E-state index in [1.54, 1.807) is 0 Å². The minimum absolute atomic E-state index is 0.627. The minimum atomic E-state index is 0.627. The zero-order valence-electron chi connectivity index (χ0n) is 20.7. The van der Waals surface area contributed by atoms with E-state index in [1.807, 2.05) is 0 Å². The number of hydrogen-bond acceptors (Lipinski definition) is 0. The zero-order chi connectivity index (χ0) is 22.2. The van der Waals surface area contributed by atoms with Gasteiger partial charge in [-0.2, -0.15) is 0 Å². The fourth-order valence-corrected chi connectivity index (χ4v) is 4.82. The highest BCUT2D eigenvalue weighted by Crippen LogP contribution is 2.28. The van der Waals surface area contributed by atoms with E-state index in [0.717, 1.165) is 6.42 Å². The Balaban J connectivity index is 1.66. The van der Waals surface area contributed by atoms with Gasteiger partial charge in [-0.25, -0.2) is 4.57 Å². The molecule has 2 aromatic rings. The van der Waals surface area contributed by atoms with Crippen molar-refractivity contribution < 1.29 is 4.57 Å². The van der Waals surface area contributed by atoms with Gasteiger partial charge < -0.3 is 0 Å². The molecule has 0 radical (unpaired) electrons. The van der Waals surface area contributed by atoms with Gasteiger partial charge in [0.15, 0.2) is 11.9 Å². The van der Waals surface area contributed by atoms with Gasteiger partial charge in [-0.15, -0.1) is 0 Å². The monoisotopic (exact) mass is 422 g/mol. The number of nitrogens with zero attached hydrogens (tertiary/aromatic N) is 1. The standard InChI is InChI=1S/C30H48N/c1-4-5-6-7-8-9-10-11-12-13-14-15-19-23-29(26-28-21-17-16-18-22-28)30-24-20-25-31(3)27(30)2/h16-18,20-22,24-25,29H,4-15,19,23,26H2,1-3H3/q+1. The summed E-state index contributed by atoms with van der Waals surface area (Å²) in [5.74, 6) is 0.627. The van der Waals surface area contributed by atoms with Crippen molar-refractivity contribution in [3.05, 3.63) is 65.5 Å². The van der Waals surface area contributed by atoms with Gasteiger partial charge in [0.2, 0.25) is 0 Å². The molecule has 0 N–H and O–H groups in total. The van der Waals surface area contributed by atoms with Gasteiger partial charge >= 0.3 is 0 Å². The highest BCUT2D eigenvalue weighted by molar-refractivity contribution is 5.24. The van der Waals surface area contributed by atoms with Crippen molar-refractivity contribution in [2.45, 2.75) is 116 Å². The molecule has 2 rings (SSSR count). The maximum atomic E-state index is 2.35. The van der Waals surface area contributed by atoms with E-state index in [9.17, 15) is 0 Å². The Bertz CT molecular complexity index is 691. The lowest BCUT2D eigenvalue weighted by Gasteiger charge is -2.18. The van der Waals surface area contributed by atoms with E-state index in [1.165, 1.54) is 107 Å². The predicted molar refractivity (Wildman–Crippen MR) is 136 cm³/mol. The molecule has 1 heterocycles. The van der Waals surface area contributed by atoms with Crippen LogP contribution in [0.2, 0.25) is 0 Å². The van der Waals surface area contributed by atoms with Gasteiger partial charge in [0.25, 0.3) is 0 Å². The zero-order valence-corrected chi connectivity index (χ0v) is 20.7. The summed E-state index contributed by atoms with van der Waals surface area (Å²) in [5, 5.41) is 0. The highest BCUT2D eigenvalue weighted by atomic mass is 14.9. The van der Waals surface area contributed by atoms with Crippen molar-refractivity contribution in [2.75, 3.05) is 0 Å². The fourth-order valence-electron chi connectivity index (χ4n) is 4.82. The lowest BCUT2D eigenvalue weighted by molar-refractivity contribution is -0.678. The molecule has 172 valence electrons. The molecule has 0 aliphatic carbocycles. The summed E-state index contributed by atoms with van der Waals surface area (Å²) in [6, 6.07) is 15.6. The molecule has 0 aliphatic heterocycles. The lowest BCUT2D eigenvalue weighted by Crippen LogP contribution is -2.33. The predicted octanol–water partition coefficient (Wildman–Crippen LogP) is 8.63. The van der Waals surface area contributed by atoms with Gasteiger partial charge in [-0.1, -0.05) is 121 Å². The smallest absolute Gasteiger partial charge is 0.181 e. The van der Waals surface area contributed by atoms with Gasteiger partial charge in [-0.3, -0.25) is 0 Å². The first-order valence-corrected chi connectivity index (χ1v) is 13.2. The lowest BCUT2D eigenvalue weighted by atomic mass is 9.86. The molecule has 1 atom stereocenters. The highest BCUT2D eigenvalue weighted by Gasteiger charge is 2.19. The third-order valence-corrected chi connectivity index (χ3v) is 6.95.